The first-order valence-electron chi connectivity index (χ1n) is 4.44. The van der Waals surface area contributed by atoms with Crippen LogP contribution in [0.25, 0.3) is 0 Å². The smallest absolute Gasteiger partial charge is 0.242 e. The molecule has 1 amide bonds. The van der Waals surface area contributed by atoms with E-state index in [1.807, 2.05) is 6.92 Å². The molecule has 0 aliphatic heterocycles. The molecule has 1 aromatic rings. The molecule has 14 heavy (non-hydrogen) atoms. The summed E-state index contributed by atoms with van der Waals surface area (Å²) >= 11 is 0. The number of anilines is 1. The van der Waals surface area contributed by atoms with Gasteiger partial charge in [0.1, 0.15) is 11.4 Å². The van der Waals surface area contributed by atoms with E-state index in [-0.39, 0.29) is 0 Å². The van der Waals surface area contributed by atoms with Gasteiger partial charge in [0.05, 0.1) is 0 Å². The van der Waals surface area contributed by atoms with E-state index in [0.29, 0.717) is 12.2 Å². The van der Waals surface area contributed by atoms with Gasteiger partial charge in [0, 0.05) is 6.20 Å². The van der Waals surface area contributed by atoms with E-state index in [1.54, 1.807) is 25.3 Å². The Morgan fingerprint density at radius 2 is 2.43 bits per heavy atom. The largest absolute Gasteiger partial charge is 0.368 e. The molecule has 1 rings (SSSR count). The maximum absolute atomic E-state index is 11.2. The number of nitrogens with one attached hydrogen (secondary N) is 1. The molecule has 1 atom stereocenters. The molecule has 1 aromatic heterocycles. The van der Waals surface area contributed by atoms with Gasteiger partial charge in [-0.3, -0.25) is 4.79 Å². The zero-order chi connectivity index (χ0) is 10.6. The van der Waals surface area contributed by atoms with Crippen LogP contribution in [0.5, 0.6) is 0 Å². The highest BCUT2D eigenvalue weighted by Gasteiger charge is 2.28. The van der Waals surface area contributed by atoms with Gasteiger partial charge < -0.3 is 11.1 Å². The lowest BCUT2D eigenvalue weighted by molar-refractivity contribution is -0.121. The second kappa shape index (κ2) is 4.04. The summed E-state index contributed by atoms with van der Waals surface area (Å²) in [6.45, 7) is 3.62. The number of amides is 1. The van der Waals surface area contributed by atoms with E-state index in [2.05, 4.69) is 15.5 Å². The van der Waals surface area contributed by atoms with Crippen LogP contribution in [0.15, 0.2) is 18.3 Å². The maximum Gasteiger partial charge on any atom is 0.242 e. The van der Waals surface area contributed by atoms with Crippen molar-refractivity contribution < 1.29 is 4.79 Å². The van der Waals surface area contributed by atoms with E-state index in [1.165, 1.54) is 0 Å². The van der Waals surface area contributed by atoms with Crippen LogP contribution in [0.4, 0.5) is 5.82 Å². The van der Waals surface area contributed by atoms with Crippen molar-refractivity contribution in [1.29, 1.82) is 0 Å². The van der Waals surface area contributed by atoms with E-state index < -0.39 is 11.4 Å². The molecule has 1 heterocycles. The van der Waals surface area contributed by atoms with Crippen molar-refractivity contribution >= 4 is 11.7 Å². The molecular formula is C9H14N4O. The van der Waals surface area contributed by atoms with E-state index >= 15 is 0 Å². The van der Waals surface area contributed by atoms with E-state index in [0.717, 1.165) is 0 Å². The average molecular weight is 194 g/mol. The zero-order valence-electron chi connectivity index (χ0n) is 8.32. The van der Waals surface area contributed by atoms with Crippen LogP contribution < -0.4 is 11.1 Å². The number of aromatic nitrogens is 2. The molecule has 5 heteroatoms. The number of hydrogen-bond acceptors (Lipinski definition) is 4. The predicted molar refractivity (Wildman–Crippen MR) is 53.5 cm³/mol. The number of primary amides is 1. The van der Waals surface area contributed by atoms with Crippen LogP contribution in [-0.2, 0) is 4.79 Å². The van der Waals surface area contributed by atoms with Gasteiger partial charge in [-0.05, 0) is 25.5 Å². The Hall–Kier alpha value is -1.65. The molecule has 0 radical (unpaired) electrons. The topological polar surface area (TPSA) is 80.9 Å². The summed E-state index contributed by atoms with van der Waals surface area (Å²) < 4.78 is 0. The number of nitrogens with zero attached hydrogens (tertiary/aromatic N) is 2. The fraction of sp³-hybridized carbons (Fsp3) is 0.444. The van der Waals surface area contributed by atoms with Crippen molar-refractivity contribution in [2.45, 2.75) is 25.8 Å². The number of carbonyl (C=O) groups is 1. The third-order valence-electron chi connectivity index (χ3n) is 2.23. The Morgan fingerprint density at radius 1 is 1.71 bits per heavy atom. The van der Waals surface area contributed by atoms with Crippen molar-refractivity contribution in [3.8, 4) is 0 Å². The summed E-state index contributed by atoms with van der Waals surface area (Å²) in [5.74, 6) is 0.154. The molecular weight excluding hydrogens is 180 g/mol. The van der Waals surface area contributed by atoms with Crippen LogP contribution in [0.3, 0.4) is 0 Å². The van der Waals surface area contributed by atoms with Gasteiger partial charge in [0.15, 0.2) is 0 Å². The Balaban J connectivity index is 2.81. The van der Waals surface area contributed by atoms with Gasteiger partial charge >= 0.3 is 0 Å². The SMILES string of the molecule is CCC(C)(Nc1cccnn1)C(N)=O. The van der Waals surface area contributed by atoms with Gasteiger partial charge in [0.25, 0.3) is 0 Å². The second-order valence-electron chi connectivity index (χ2n) is 3.28. The standard InChI is InChI=1S/C9H14N4O/c1-3-9(2,8(10)14)12-7-5-4-6-11-13-7/h4-6H,3H2,1-2H3,(H2,10,14)(H,12,13). The van der Waals surface area contributed by atoms with Gasteiger partial charge in [0.2, 0.25) is 5.91 Å². The van der Waals surface area contributed by atoms with Crippen LogP contribution in [0, 0.1) is 0 Å². The number of hydrogen-bond donors (Lipinski definition) is 2. The quantitative estimate of drug-likeness (QED) is 0.733. The molecule has 0 aliphatic rings. The van der Waals surface area contributed by atoms with Crippen LogP contribution in [0.1, 0.15) is 20.3 Å². The first-order valence-corrected chi connectivity index (χ1v) is 4.44. The summed E-state index contributed by atoms with van der Waals surface area (Å²) in [7, 11) is 0. The second-order valence-corrected chi connectivity index (χ2v) is 3.28. The fourth-order valence-corrected chi connectivity index (χ4v) is 0.975. The number of nitrogens with two attached hydrogens (primary N) is 1. The molecule has 5 nitrogen and oxygen atoms in total. The molecule has 0 saturated carbocycles. The van der Waals surface area contributed by atoms with Crippen LogP contribution in [-0.4, -0.2) is 21.6 Å². The zero-order valence-corrected chi connectivity index (χ0v) is 8.32. The minimum atomic E-state index is -0.768. The highest BCUT2D eigenvalue weighted by Crippen LogP contribution is 2.15. The Bertz CT molecular complexity index is 314. The predicted octanol–water partition coefficient (Wildman–Crippen LogP) is 0.542. The molecule has 0 saturated heterocycles. The highest BCUT2D eigenvalue weighted by molar-refractivity contribution is 5.87. The number of rotatable bonds is 4. The molecule has 0 aliphatic carbocycles. The summed E-state index contributed by atoms with van der Waals surface area (Å²) in [5, 5.41) is 10.5. The molecule has 0 bridgehead atoms. The summed E-state index contributed by atoms with van der Waals surface area (Å²) in [6.07, 6.45) is 2.16. The lowest BCUT2D eigenvalue weighted by Crippen LogP contribution is -2.47. The van der Waals surface area contributed by atoms with Gasteiger partial charge in [-0.2, -0.15) is 5.10 Å². The summed E-state index contributed by atoms with van der Waals surface area (Å²) in [6, 6.07) is 3.48. The fourth-order valence-electron chi connectivity index (χ4n) is 0.975. The monoisotopic (exact) mass is 194 g/mol. The van der Waals surface area contributed by atoms with Crippen LogP contribution in [0.2, 0.25) is 0 Å². The maximum atomic E-state index is 11.2. The van der Waals surface area contributed by atoms with Crippen molar-refractivity contribution in [1.82, 2.24) is 10.2 Å². The van der Waals surface area contributed by atoms with Crippen molar-refractivity contribution in [3.05, 3.63) is 18.3 Å². The molecule has 0 spiro atoms. The Kier molecular flexibility index (Phi) is 3.01. The summed E-state index contributed by atoms with van der Waals surface area (Å²) in [5.41, 5.74) is 4.51. The Labute approximate surface area is 82.7 Å². The number of carbonyl (C=O) groups excluding carboxylic acids is 1. The normalized spacial score (nSPS) is 14.4. The van der Waals surface area contributed by atoms with Crippen molar-refractivity contribution in [2.24, 2.45) is 5.73 Å². The Morgan fingerprint density at radius 3 is 2.86 bits per heavy atom. The highest BCUT2D eigenvalue weighted by atomic mass is 16.1. The summed E-state index contributed by atoms with van der Waals surface area (Å²) in [4.78, 5) is 11.2. The van der Waals surface area contributed by atoms with Gasteiger partial charge in [-0.25, -0.2) is 0 Å². The third-order valence-corrected chi connectivity index (χ3v) is 2.23. The first-order chi connectivity index (χ1) is 6.58. The molecule has 0 fully saturated rings. The lowest BCUT2D eigenvalue weighted by Gasteiger charge is -2.25. The van der Waals surface area contributed by atoms with Gasteiger partial charge in [-0.1, -0.05) is 6.92 Å². The molecule has 3 N–H and O–H groups in total. The van der Waals surface area contributed by atoms with Crippen molar-refractivity contribution in [2.75, 3.05) is 5.32 Å². The minimum Gasteiger partial charge on any atom is -0.368 e. The van der Waals surface area contributed by atoms with Crippen molar-refractivity contribution in [3.63, 3.8) is 0 Å². The van der Waals surface area contributed by atoms with E-state index in [9.17, 15) is 4.79 Å². The van der Waals surface area contributed by atoms with E-state index in [4.69, 9.17) is 5.73 Å². The molecule has 0 aromatic carbocycles. The molecule has 1 unspecified atom stereocenters. The average Bonchev–Trinajstić information content (AvgIpc) is 2.19. The van der Waals surface area contributed by atoms with Gasteiger partial charge in [-0.15, -0.1) is 5.10 Å². The third kappa shape index (κ3) is 2.18. The van der Waals surface area contributed by atoms with Crippen LogP contribution >= 0.6 is 0 Å². The minimum absolute atomic E-state index is 0.398. The lowest BCUT2D eigenvalue weighted by atomic mass is 9.98. The molecule has 76 valence electrons. The first kappa shape index (κ1) is 10.4.